The summed E-state index contributed by atoms with van der Waals surface area (Å²) in [6, 6.07) is 15.7. The topological polar surface area (TPSA) is 89.5 Å². The van der Waals surface area contributed by atoms with E-state index < -0.39 is 0 Å². The zero-order valence-corrected chi connectivity index (χ0v) is 22.7. The Kier molecular flexibility index (Phi) is 8.31. The number of hydrogen-bond acceptors (Lipinski definition) is 8. The molecule has 3 heterocycles. The van der Waals surface area contributed by atoms with Crippen LogP contribution in [0, 0.1) is 11.7 Å². The number of piperidine rings is 1. The quantitative estimate of drug-likeness (QED) is 0.316. The first-order valence-corrected chi connectivity index (χ1v) is 13.7. The summed E-state index contributed by atoms with van der Waals surface area (Å²) < 4.78 is 23.9. The number of amides is 1. The number of ether oxygens (including phenoxy) is 2. The fourth-order valence-electron chi connectivity index (χ4n) is 4.65. The Balaban J connectivity index is 1.13. The molecule has 1 N–H and O–H groups in total. The molecule has 4 aromatic rings. The van der Waals surface area contributed by atoms with E-state index in [1.54, 1.807) is 37.7 Å². The first-order valence-electron chi connectivity index (χ1n) is 12.8. The number of carbonyl (C=O) groups excluding carboxylic acids is 1. The molecule has 0 radical (unpaired) electrons. The first kappa shape index (κ1) is 26.6. The lowest BCUT2D eigenvalue weighted by Gasteiger charge is -2.32. The van der Waals surface area contributed by atoms with Crippen molar-refractivity contribution in [2.45, 2.75) is 19.3 Å². The number of anilines is 1. The molecule has 202 valence electrons. The summed E-state index contributed by atoms with van der Waals surface area (Å²) in [4.78, 5) is 19.8. The van der Waals surface area contributed by atoms with E-state index in [9.17, 15) is 9.18 Å². The highest BCUT2D eigenvalue weighted by molar-refractivity contribution is 7.13. The van der Waals surface area contributed by atoms with Crippen molar-refractivity contribution < 1.29 is 18.7 Å². The van der Waals surface area contributed by atoms with Crippen LogP contribution in [0.1, 0.15) is 18.5 Å². The van der Waals surface area contributed by atoms with Crippen LogP contribution >= 0.6 is 11.3 Å². The second-order valence-electron chi connectivity index (χ2n) is 9.32. The molecule has 1 unspecified atom stereocenters. The smallest absolute Gasteiger partial charge is 0.224 e. The third-order valence-corrected chi connectivity index (χ3v) is 7.71. The van der Waals surface area contributed by atoms with Crippen molar-refractivity contribution in [3.63, 3.8) is 0 Å². The van der Waals surface area contributed by atoms with Crippen LogP contribution in [0.15, 0.2) is 60.0 Å². The summed E-state index contributed by atoms with van der Waals surface area (Å²) in [5.41, 5.74) is 3.39. The predicted molar refractivity (Wildman–Crippen MR) is 150 cm³/mol. The number of halogens is 1. The van der Waals surface area contributed by atoms with Crippen LogP contribution in [-0.2, 0) is 11.2 Å². The van der Waals surface area contributed by atoms with Gasteiger partial charge in [0, 0.05) is 42.6 Å². The molecule has 0 spiro atoms. The largest absolute Gasteiger partial charge is 0.493 e. The molecule has 1 aliphatic rings. The van der Waals surface area contributed by atoms with Gasteiger partial charge in [-0.25, -0.2) is 9.37 Å². The van der Waals surface area contributed by atoms with Gasteiger partial charge in [0.05, 0.1) is 31.5 Å². The summed E-state index contributed by atoms with van der Waals surface area (Å²) in [5, 5.41) is 14.7. The molecule has 2 aromatic carbocycles. The summed E-state index contributed by atoms with van der Waals surface area (Å²) in [7, 11) is 3.22. The van der Waals surface area contributed by atoms with Gasteiger partial charge in [-0.05, 0) is 67.4 Å². The number of hydrogen-bond donors (Lipinski definition) is 1. The zero-order valence-electron chi connectivity index (χ0n) is 21.9. The third kappa shape index (κ3) is 6.34. The fourth-order valence-corrected chi connectivity index (χ4v) is 5.50. The highest BCUT2D eigenvalue weighted by Crippen LogP contribution is 2.33. The molecular weight excluding hydrogens is 517 g/mol. The molecule has 39 heavy (non-hydrogen) atoms. The van der Waals surface area contributed by atoms with E-state index in [2.05, 4.69) is 20.4 Å². The molecule has 5 rings (SSSR count). The van der Waals surface area contributed by atoms with Crippen molar-refractivity contribution in [3.8, 4) is 33.3 Å². The number of nitrogens with one attached hydrogen (secondary N) is 1. The number of methoxy groups -OCH3 is 2. The van der Waals surface area contributed by atoms with Crippen LogP contribution in [0.25, 0.3) is 21.8 Å². The number of aromatic nitrogens is 3. The van der Waals surface area contributed by atoms with E-state index in [4.69, 9.17) is 14.5 Å². The molecule has 1 fully saturated rings. The molecule has 10 heteroatoms. The zero-order chi connectivity index (χ0) is 27.2. The molecule has 0 saturated carbocycles. The third-order valence-electron chi connectivity index (χ3n) is 6.77. The Bertz CT molecular complexity index is 1410. The molecule has 1 saturated heterocycles. The van der Waals surface area contributed by atoms with E-state index in [0.717, 1.165) is 47.0 Å². The molecule has 1 aliphatic heterocycles. The van der Waals surface area contributed by atoms with Crippen LogP contribution in [0.3, 0.4) is 0 Å². The highest BCUT2D eigenvalue weighted by atomic mass is 32.1. The second-order valence-corrected chi connectivity index (χ2v) is 10.2. The van der Waals surface area contributed by atoms with Crippen LogP contribution in [0.2, 0.25) is 0 Å². The number of nitrogens with zero attached hydrogens (tertiary/aromatic N) is 4. The van der Waals surface area contributed by atoms with Crippen molar-refractivity contribution in [2.24, 2.45) is 5.92 Å². The van der Waals surface area contributed by atoms with Gasteiger partial charge in [0.25, 0.3) is 0 Å². The molecule has 2 aromatic heterocycles. The van der Waals surface area contributed by atoms with Crippen molar-refractivity contribution in [3.05, 3.63) is 71.5 Å². The maximum atomic E-state index is 13.2. The minimum Gasteiger partial charge on any atom is -0.493 e. The van der Waals surface area contributed by atoms with Crippen molar-refractivity contribution >= 4 is 23.1 Å². The van der Waals surface area contributed by atoms with Gasteiger partial charge in [0.15, 0.2) is 17.3 Å². The van der Waals surface area contributed by atoms with Crippen molar-refractivity contribution in [1.82, 2.24) is 20.5 Å². The Morgan fingerprint density at radius 3 is 2.59 bits per heavy atom. The lowest BCUT2D eigenvalue weighted by Crippen LogP contribution is -2.43. The van der Waals surface area contributed by atoms with Gasteiger partial charge in [0.1, 0.15) is 10.8 Å². The van der Waals surface area contributed by atoms with Gasteiger partial charge in [-0.1, -0.05) is 0 Å². The van der Waals surface area contributed by atoms with Gasteiger partial charge < -0.3 is 19.7 Å². The monoisotopic (exact) mass is 547 g/mol. The summed E-state index contributed by atoms with van der Waals surface area (Å²) in [6.45, 7) is 1.94. The van der Waals surface area contributed by atoms with Crippen molar-refractivity contribution in [2.75, 3.05) is 38.8 Å². The van der Waals surface area contributed by atoms with Gasteiger partial charge in [0.2, 0.25) is 5.91 Å². The van der Waals surface area contributed by atoms with E-state index in [0.29, 0.717) is 36.7 Å². The Morgan fingerprint density at radius 2 is 1.85 bits per heavy atom. The van der Waals surface area contributed by atoms with Crippen LogP contribution < -0.4 is 19.7 Å². The lowest BCUT2D eigenvalue weighted by molar-refractivity contribution is -0.125. The molecule has 8 nitrogen and oxygen atoms in total. The highest BCUT2D eigenvalue weighted by Gasteiger charge is 2.26. The SMILES string of the molecule is COc1ccc(-c2nc(CCNC(=O)C3CCCN(c4ccc(-c5ccc(F)cc5)nn4)C3)cs2)cc1OC. The first-order chi connectivity index (χ1) is 19.0. The fraction of sp³-hybridized carbons (Fsp3) is 0.310. The van der Waals surface area contributed by atoms with Crippen molar-refractivity contribution in [1.29, 1.82) is 0 Å². The van der Waals surface area contributed by atoms with E-state index >= 15 is 0 Å². The molecule has 0 bridgehead atoms. The number of carbonyl (C=O) groups is 1. The van der Waals surface area contributed by atoms with Crippen LogP contribution in [-0.4, -0.2) is 54.9 Å². The normalized spacial score (nSPS) is 15.2. The van der Waals surface area contributed by atoms with Gasteiger partial charge in [-0.3, -0.25) is 4.79 Å². The van der Waals surface area contributed by atoms with Gasteiger partial charge in [-0.15, -0.1) is 21.5 Å². The summed E-state index contributed by atoms with van der Waals surface area (Å²) >= 11 is 1.56. The minimum absolute atomic E-state index is 0.0472. The number of benzene rings is 2. The van der Waals surface area contributed by atoms with E-state index in [-0.39, 0.29) is 17.6 Å². The molecule has 0 aliphatic carbocycles. The summed E-state index contributed by atoms with van der Waals surface area (Å²) in [6.07, 6.45) is 2.39. The van der Waals surface area contributed by atoms with Crippen LogP contribution in [0.4, 0.5) is 10.2 Å². The maximum Gasteiger partial charge on any atom is 0.224 e. The average Bonchev–Trinajstić information content (AvgIpc) is 3.46. The van der Waals surface area contributed by atoms with E-state index in [1.165, 1.54) is 12.1 Å². The van der Waals surface area contributed by atoms with Gasteiger partial charge in [-0.2, -0.15) is 0 Å². The maximum absolute atomic E-state index is 13.2. The number of thiazole rings is 1. The number of rotatable bonds is 9. The molecule has 1 atom stereocenters. The van der Waals surface area contributed by atoms with Crippen LogP contribution in [0.5, 0.6) is 11.5 Å². The Hall–Kier alpha value is -4.05. The average molecular weight is 548 g/mol. The standard InChI is InChI=1S/C29H30FN5O3S/c1-37-25-11-7-20(16-26(25)38-2)29-32-23(18-39-29)13-14-31-28(36)21-4-3-15-35(17-21)27-12-10-24(33-34-27)19-5-8-22(30)9-6-19/h5-12,16,18,21H,3-4,13-15,17H2,1-2H3,(H,31,36). The molecular formula is C29H30FN5O3S. The Morgan fingerprint density at radius 1 is 1.05 bits per heavy atom. The Labute approximate surface area is 230 Å². The molecule has 1 amide bonds. The minimum atomic E-state index is -0.285. The second kappa shape index (κ2) is 12.2. The van der Waals surface area contributed by atoms with E-state index in [1.807, 2.05) is 35.7 Å². The van der Waals surface area contributed by atoms with Gasteiger partial charge >= 0.3 is 0 Å². The predicted octanol–water partition coefficient (Wildman–Crippen LogP) is 5.00. The lowest BCUT2D eigenvalue weighted by atomic mass is 9.97. The summed E-state index contributed by atoms with van der Waals surface area (Å²) in [5.74, 6) is 1.72.